The van der Waals surface area contributed by atoms with Crippen molar-refractivity contribution in [3.05, 3.63) is 30.1 Å². The quantitative estimate of drug-likeness (QED) is 0.902. The lowest BCUT2D eigenvalue weighted by molar-refractivity contribution is -0.129. The Labute approximate surface area is 120 Å². The van der Waals surface area contributed by atoms with Gasteiger partial charge in [0.1, 0.15) is 5.82 Å². The Balaban J connectivity index is 2.00. The van der Waals surface area contributed by atoms with Gasteiger partial charge in [0.15, 0.2) is 0 Å². The molecule has 0 bridgehead atoms. The third-order valence-electron chi connectivity index (χ3n) is 3.61. The average Bonchev–Trinajstić information content (AvgIpc) is 2.38. The molecule has 1 unspecified atom stereocenters. The second kappa shape index (κ2) is 5.81. The van der Waals surface area contributed by atoms with Gasteiger partial charge in [-0.3, -0.25) is 4.79 Å². The number of piperidine rings is 1. The van der Waals surface area contributed by atoms with Gasteiger partial charge in [-0.2, -0.15) is 0 Å². The van der Waals surface area contributed by atoms with Gasteiger partial charge in [0.2, 0.25) is 5.91 Å². The summed E-state index contributed by atoms with van der Waals surface area (Å²) in [4.78, 5) is 14.2. The summed E-state index contributed by atoms with van der Waals surface area (Å²) in [5.41, 5.74) is 0.515. The Morgan fingerprint density at radius 1 is 1.40 bits per heavy atom. The van der Waals surface area contributed by atoms with Crippen LogP contribution in [0, 0.1) is 11.2 Å². The van der Waals surface area contributed by atoms with Crippen molar-refractivity contribution in [1.29, 1.82) is 0 Å². The molecule has 0 aliphatic carbocycles. The molecule has 1 aromatic carbocycles. The Bertz CT molecular complexity index is 482. The van der Waals surface area contributed by atoms with E-state index in [2.05, 4.69) is 10.2 Å². The summed E-state index contributed by atoms with van der Waals surface area (Å²) in [5.74, 6) is -0.146. The summed E-state index contributed by atoms with van der Waals surface area (Å²) in [7, 11) is 0. The monoisotopic (exact) mass is 278 g/mol. The van der Waals surface area contributed by atoms with Gasteiger partial charge >= 0.3 is 0 Å². The van der Waals surface area contributed by atoms with E-state index in [1.165, 1.54) is 6.07 Å². The predicted octanol–water partition coefficient (Wildman–Crippen LogP) is 2.96. The number of carbonyl (C=O) groups excluding carboxylic acids is 1. The van der Waals surface area contributed by atoms with Gasteiger partial charge in [0, 0.05) is 30.2 Å². The van der Waals surface area contributed by atoms with Crippen LogP contribution in [0.3, 0.4) is 0 Å². The number of hydrogen-bond acceptors (Lipinski definition) is 2. The van der Waals surface area contributed by atoms with Crippen molar-refractivity contribution in [2.24, 2.45) is 5.41 Å². The molecule has 0 saturated carbocycles. The van der Waals surface area contributed by atoms with Gasteiger partial charge in [-0.1, -0.05) is 26.8 Å². The van der Waals surface area contributed by atoms with Crippen molar-refractivity contribution < 1.29 is 9.18 Å². The van der Waals surface area contributed by atoms with E-state index in [9.17, 15) is 9.18 Å². The summed E-state index contributed by atoms with van der Waals surface area (Å²) in [6.45, 7) is 7.39. The van der Waals surface area contributed by atoms with Crippen LogP contribution in [0.1, 0.15) is 33.6 Å². The number of nitrogens with zero attached hydrogens (tertiary/aromatic N) is 1. The van der Waals surface area contributed by atoms with E-state index in [1.807, 2.05) is 26.8 Å². The van der Waals surface area contributed by atoms with Crippen molar-refractivity contribution in [1.82, 2.24) is 5.32 Å². The molecule has 1 heterocycles. The summed E-state index contributed by atoms with van der Waals surface area (Å²) >= 11 is 0. The molecular formula is C16H23FN2O. The molecule has 1 fully saturated rings. The predicted molar refractivity (Wildman–Crippen MR) is 79.2 cm³/mol. The molecule has 1 N–H and O–H groups in total. The number of hydrogen-bond donors (Lipinski definition) is 1. The zero-order valence-electron chi connectivity index (χ0n) is 12.4. The highest BCUT2D eigenvalue weighted by Crippen LogP contribution is 2.21. The van der Waals surface area contributed by atoms with Crippen LogP contribution in [0.25, 0.3) is 0 Å². The van der Waals surface area contributed by atoms with Gasteiger partial charge in [0.25, 0.3) is 0 Å². The molecule has 3 nitrogen and oxygen atoms in total. The Hall–Kier alpha value is -1.58. The largest absolute Gasteiger partial charge is 0.369 e. The number of carbonyl (C=O) groups is 1. The fraction of sp³-hybridized carbons (Fsp3) is 0.562. The van der Waals surface area contributed by atoms with Crippen molar-refractivity contribution in [3.8, 4) is 0 Å². The van der Waals surface area contributed by atoms with E-state index in [1.54, 1.807) is 12.1 Å². The van der Waals surface area contributed by atoms with Crippen LogP contribution in [0.2, 0.25) is 0 Å². The average molecular weight is 278 g/mol. The summed E-state index contributed by atoms with van der Waals surface area (Å²) in [6.07, 6.45) is 1.99. The number of amides is 1. The molecule has 1 aliphatic rings. The van der Waals surface area contributed by atoms with Crippen LogP contribution in [-0.2, 0) is 4.79 Å². The Morgan fingerprint density at radius 3 is 2.80 bits per heavy atom. The van der Waals surface area contributed by atoms with Crippen LogP contribution >= 0.6 is 0 Å². The number of rotatable bonds is 2. The van der Waals surface area contributed by atoms with Crippen molar-refractivity contribution in [2.75, 3.05) is 18.0 Å². The van der Waals surface area contributed by atoms with Crippen molar-refractivity contribution >= 4 is 11.6 Å². The fourth-order valence-electron chi connectivity index (χ4n) is 2.40. The first-order valence-electron chi connectivity index (χ1n) is 7.18. The van der Waals surface area contributed by atoms with Crippen LogP contribution in [0.4, 0.5) is 10.1 Å². The lowest BCUT2D eigenvalue weighted by Crippen LogP contribution is -2.50. The van der Waals surface area contributed by atoms with Crippen LogP contribution < -0.4 is 10.2 Å². The lowest BCUT2D eigenvalue weighted by atomic mass is 9.94. The van der Waals surface area contributed by atoms with E-state index >= 15 is 0 Å². The van der Waals surface area contributed by atoms with Gasteiger partial charge in [-0.05, 0) is 31.0 Å². The SMILES string of the molecule is CC(C)(C)C(=O)NC1CCCN(c2cccc(F)c2)C1. The van der Waals surface area contributed by atoms with Crippen LogP contribution in [0.5, 0.6) is 0 Å². The molecule has 1 amide bonds. The Morgan fingerprint density at radius 2 is 2.15 bits per heavy atom. The van der Waals surface area contributed by atoms with E-state index in [4.69, 9.17) is 0 Å². The molecule has 0 aromatic heterocycles. The first kappa shape index (κ1) is 14.8. The highest BCUT2D eigenvalue weighted by atomic mass is 19.1. The molecular weight excluding hydrogens is 255 g/mol. The molecule has 2 rings (SSSR count). The van der Waals surface area contributed by atoms with Gasteiger partial charge in [0.05, 0.1) is 0 Å². The minimum absolute atomic E-state index is 0.0728. The molecule has 1 saturated heterocycles. The fourth-order valence-corrected chi connectivity index (χ4v) is 2.40. The minimum atomic E-state index is -0.374. The topological polar surface area (TPSA) is 32.3 Å². The van der Waals surface area contributed by atoms with Crippen LogP contribution in [-0.4, -0.2) is 25.0 Å². The zero-order chi connectivity index (χ0) is 14.8. The molecule has 4 heteroatoms. The Kier molecular flexibility index (Phi) is 4.31. The highest BCUT2D eigenvalue weighted by Gasteiger charge is 2.27. The normalized spacial score (nSPS) is 19.8. The first-order valence-corrected chi connectivity index (χ1v) is 7.18. The molecule has 110 valence electrons. The maximum absolute atomic E-state index is 13.3. The molecule has 1 aliphatic heterocycles. The van der Waals surface area contributed by atoms with Gasteiger partial charge in [-0.15, -0.1) is 0 Å². The lowest BCUT2D eigenvalue weighted by Gasteiger charge is -2.36. The smallest absolute Gasteiger partial charge is 0.225 e. The second-order valence-electron chi connectivity index (χ2n) is 6.49. The van der Waals surface area contributed by atoms with Gasteiger partial charge in [-0.25, -0.2) is 4.39 Å². The van der Waals surface area contributed by atoms with E-state index < -0.39 is 0 Å². The number of halogens is 1. The van der Waals surface area contributed by atoms with Crippen LogP contribution in [0.15, 0.2) is 24.3 Å². The molecule has 0 spiro atoms. The summed E-state index contributed by atoms with van der Waals surface area (Å²) < 4.78 is 13.3. The zero-order valence-corrected chi connectivity index (χ0v) is 12.4. The van der Waals surface area contributed by atoms with E-state index in [0.717, 1.165) is 31.6 Å². The molecule has 1 atom stereocenters. The summed E-state index contributed by atoms with van der Waals surface area (Å²) in [6, 6.07) is 6.78. The molecule has 0 radical (unpaired) electrons. The third kappa shape index (κ3) is 3.71. The second-order valence-corrected chi connectivity index (χ2v) is 6.49. The third-order valence-corrected chi connectivity index (χ3v) is 3.61. The molecule has 1 aromatic rings. The number of anilines is 1. The van der Waals surface area contributed by atoms with E-state index in [-0.39, 0.29) is 23.2 Å². The van der Waals surface area contributed by atoms with Gasteiger partial charge < -0.3 is 10.2 Å². The maximum Gasteiger partial charge on any atom is 0.225 e. The maximum atomic E-state index is 13.3. The highest BCUT2D eigenvalue weighted by molar-refractivity contribution is 5.81. The number of benzene rings is 1. The standard InChI is InChI=1S/C16H23FN2O/c1-16(2,3)15(20)18-13-7-5-9-19(11-13)14-8-4-6-12(17)10-14/h4,6,8,10,13H,5,7,9,11H2,1-3H3,(H,18,20). The number of nitrogens with one attached hydrogen (secondary N) is 1. The van der Waals surface area contributed by atoms with E-state index in [0.29, 0.717) is 0 Å². The first-order chi connectivity index (χ1) is 9.36. The van der Waals surface area contributed by atoms with Crippen molar-refractivity contribution in [2.45, 2.75) is 39.7 Å². The minimum Gasteiger partial charge on any atom is -0.369 e. The molecule has 20 heavy (non-hydrogen) atoms. The van der Waals surface area contributed by atoms with Crippen molar-refractivity contribution in [3.63, 3.8) is 0 Å². The summed E-state index contributed by atoms with van der Waals surface area (Å²) in [5, 5.41) is 3.10.